The standard InChI is InChI=1S/C12H23N3O3/c1-3-18-12(17)14-11-5-4-7-15(9-11)8-6-13-10(2)16/h11H,3-9H2,1-2H3,(H,13,16)(H,14,17). The largest absolute Gasteiger partial charge is 0.450 e. The van der Waals surface area contributed by atoms with E-state index < -0.39 is 0 Å². The zero-order chi connectivity index (χ0) is 13.4. The molecule has 1 heterocycles. The molecule has 1 aliphatic rings. The summed E-state index contributed by atoms with van der Waals surface area (Å²) in [5.74, 6) is -0.00629. The van der Waals surface area contributed by atoms with E-state index in [4.69, 9.17) is 4.74 Å². The molecule has 2 amide bonds. The highest BCUT2D eigenvalue weighted by Crippen LogP contribution is 2.09. The molecule has 0 aromatic carbocycles. The molecule has 0 aromatic rings. The molecular weight excluding hydrogens is 234 g/mol. The molecule has 0 aliphatic carbocycles. The molecule has 1 rings (SSSR count). The molecule has 0 aromatic heterocycles. The van der Waals surface area contributed by atoms with E-state index in [0.29, 0.717) is 13.2 Å². The second-order valence-corrected chi connectivity index (χ2v) is 4.49. The van der Waals surface area contributed by atoms with Gasteiger partial charge in [0, 0.05) is 32.6 Å². The molecule has 104 valence electrons. The first kappa shape index (κ1) is 14.8. The van der Waals surface area contributed by atoms with Crippen LogP contribution in [0.2, 0.25) is 0 Å². The molecule has 1 fully saturated rings. The van der Waals surface area contributed by atoms with E-state index in [1.54, 1.807) is 6.92 Å². The maximum atomic E-state index is 11.3. The molecule has 1 unspecified atom stereocenters. The molecule has 18 heavy (non-hydrogen) atoms. The van der Waals surface area contributed by atoms with Crippen LogP contribution in [0.15, 0.2) is 0 Å². The summed E-state index contributed by atoms with van der Waals surface area (Å²) in [5.41, 5.74) is 0. The monoisotopic (exact) mass is 257 g/mol. The van der Waals surface area contributed by atoms with Gasteiger partial charge in [-0.3, -0.25) is 9.69 Å². The average Bonchev–Trinajstić information content (AvgIpc) is 2.29. The van der Waals surface area contributed by atoms with Gasteiger partial charge in [-0.1, -0.05) is 0 Å². The van der Waals surface area contributed by atoms with Crippen LogP contribution in [0.1, 0.15) is 26.7 Å². The van der Waals surface area contributed by atoms with Crippen LogP contribution in [0.5, 0.6) is 0 Å². The highest BCUT2D eigenvalue weighted by molar-refractivity contribution is 5.72. The molecular formula is C12H23N3O3. The summed E-state index contributed by atoms with van der Waals surface area (Å²) < 4.78 is 4.87. The van der Waals surface area contributed by atoms with Crippen molar-refractivity contribution in [2.45, 2.75) is 32.7 Å². The summed E-state index contributed by atoms with van der Waals surface area (Å²) in [6.07, 6.45) is 1.69. The van der Waals surface area contributed by atoms with Crippen LogP contribution in [0.3, 0.4) is 0 Å². The van der Waals surface area contributed by atoms with Gasteiger partial charge in [0.15, 0.2) is 0 Å². The SMILES string of the molecule is CCOC(=O)NC1CCCN(CCNC(C)=O)C1. The smallest absolute Gasteiger partial charge is 0.407 e. The summed E-state index contributed by atoms with van der Waals surface area (Å²) in [4.78, 5) is 24.3. The Bertz CT molecular complexity index is 284. The van der Waals surface area contributed by atoms with E-state index in [2.05, 4.69) is 15.5 Å². The Morgan fingerprint density at radius 3 is 2.89 bits per heavy atom. The summed E-state index contributed by atoms with van der Waals surface area (Å²) in [6, 6.07) is 0.148. The van der Waals surface area contributed by atoms with Crippen LogP contribution >= 0.6 is 0 Å². The summed E-state index contributed by atoms with van der Waals surface area (Å²) >= 11 is 0. The molecule has 1 atom stereocenters. The number of ether oxygens (including phenoxy) is 1. The number of nitrogens with zero attached hydrogens (tertiary/aromatic N) is 1. The minimum absolute atomic E-state index is 0.00629. The summed E-state index contributed by atoms with van der Waals surface area (Å²) in [5, 5.41) is 5.63. The van der Waals surface area contributed by atoms with Crippen molar-refractivity contribution < 1.29 is 14.3 Å². The lowest BCUT2D eigenvalue weighted by Gasteiger charge is -2.32. The Kier molecular flexibility index (Phi) is 6.49. The van der Waals surface area contributed by atoms with E-state index in [0.717, 1.165) is 32.5 Å². The van der Waals surface area contributed by atoms with Crippen molar-refractivity contribution in [3.8, 4) is 0 Å². The first-order valence-electron chi connectivity index (χ1n) is 6.52. The van der Waals surface area contributed by atoms with E-state index in [-0.39, 0.29) is 18.0 Å². The van der Waals surface area contributed by atoms with Gasteiger partial charge in [-0.2, -0.15) is 0 Å². The number of nitrogens with one attached hydrogen (secondary N) is 2. The predicted octanol–water partition coefficient (Wildman–Crippen LogP) is 0.333. The van der Waals surface area contributed by atoms with Gasteiger partial charge < -0.3 is 15.4 Å². The van der Waals surface area contributed by atoms with Crippen molar-refractivity contribution in [2.24, 2.45) is 0 Å². The van der Waals surface area contributed by atoms with Crippen molar-refractivity contribution in [1.82, 2.24) is 15.5 Å². The Hall–Kier alpha value is -1.30. The second kappa shape index (κ2) is 7.92. The molecule has 0 radical (unpaired) electrons. The van der Waals surface area contributed by atoms with Crippen molar-refractivity contribution in [1.29, 1.82) is 0 Å². The number of piperidine rings is 1. The van der Waals surface area contributed by atoms with Gasteiger partial charge in [0.25, 0.3) is 0 Å². The summed E-state index contributed by atoms with van der Waals surface area (Å²) in [7, 11) is 0. The molecule has 6 heteroatoms. The number of hydrogen-bond acceptors (Lipinski definition) is 4. The van der Waals surface area contributed by atoms with Gasteiger partial charge >= 0.3 is 6.09 Å². The zero-order valence-corrected chi connectivity index (χ0v) is 11.2. The van der Waals surface area contributed by atoms with Gasteiger partial charge in [-0.15, -0.1) is 0 Å². The predicted molar refractivity (Wildman–Crippen MR) is 68.3 cm³/mol. The first-order chi connectivity index (χ1) is 8.61. The topological polar surface area (TPSA) is 70.7 Å². The molecule has 1 saturated heterocycles. The third kappa shape index (κ3) is 5.86. The molecule has 6 nitrogen and oxygen atoms in total. The molecule has 2 N–H and O–H groups in total. The normalized spacial score (nSPS) is 20.2. The maximum Gasteiger partial charge on any atom is 0.407 e. The second-order valence-electron chi connectivity index (χ2n) is 4.49. The van der Waals surface area contributed by atoms with Crippen LogP contribution in [-0.2, 0) is 9.53 Å². The number of likely N-dealkylation sites (tertiary alicyclic amines) is 1. The Morgan fingerprint density at radius 2 is 2.22 bits per heavy atom. The lowest BCUT2D eigenvalue weighted by atomic mass is 10.1. The highest BCUT2D eigenvalue weighted by Gasteiger charge is 2.21. The highest BCUT2D eigenvalue weighted by atomic mass is 16.5. The summed E-state index contributed by atoms with van der Waals surface area (Å²) in [6.45, 7) is 7.01. The minimum Gasteiger partial charge on any atom is -0.450 e. The minimum atomic E-state index is -0.341. The van der Waals surface area contributed by atoms with Crippen LogP contribution in [0.25, 0.3) is 0 Å². The zero-order valence-electron chi connectivity index (χ0n) is 11.2. The Morgan fingerprint density at radius 1 is 1.44 bits per heavy atom. The fourth-order valence-corrected chi connectivity index (χ4v) is 2.11. The number of carbonyl (C=O) groups is 2. The quantitative estimate of drug-likeness (QED) is 0.745. The molecule has 0 spiro atoms. The first-order valence-corrected chi connectivity index (χ1v) is 6.52. The fourth-order valence-electron chi connectivity index (χ4n) is 2.11. The van der Waals surface area contributed by atoms with Crippen LogP contribution in [-0.4, -0.2) is 55.7 Å². The molecule has 0 bridgehead atoms. The lowest BCUT2D eigenvalue weighted by molar-refractivity contribution is -0.119. The van der Waals surface area contributed by atoms with Crippen molar-refractivity contribution >= 4 is 12.0 Å². The molecule has 1 aliphatic heterocycles. The maximum absolute atomic E-state index is 11.3. The van der Waals surface area contributed by atoms with E-state index in [1.165, 1.54) is 6.92 Å². The number of hydrogen-bond donors (Lipinski definition) is 2. The van der Waals surface area contributed by atoms with Crippen LogP contribution < -0.4 is 10.6 Å². The van der Waals surface area contributed by atoms with E-state index in [1.807, 2.05) is 0 Å². The average molecular weight is 257 g/mol. The van der Waals surface area contributed by atoms with Gasteiger partial charge in [0.1, 0.15) is 0 Å². The number of carbonyl (C=O) groups excluding carboxylic acids is 2. The number of amides is 2. The van der Waals surface area contributed by atoms with Gasteiger partial charge in [-0.25, -0.2) is 4.79 Å². The Balaban J connectivity index is 2.23. The third-order valence-electron chi connectivity index (χ3n) is 2.90. The van der Waals surface area contributed by atoms with E-state index >= 15 is 0 Å². The lowest BCUT2D eigenvalue weighted by Crippen LogP contribution is -2.49. The third-order valence-corrected chi connectivity index (χ3v) is 2.90. The van der Waals surface area contributed by atoms with Crippen LogP contribution in [0.4, 0.5) is 4.79 Å². The van der Waals surface area contributed by atoms with Gasteiger partial charge in [0.05, 0.1) is 6.61 Å². The molecule has 0 saturated carbocycles. The van der Waals surface area contributed by atoms with Crippen molar-refractivity contribution in [3.63, 3.8) is 0 Å². The van der Waals surface area contributed by atoms with Crippen molar-refractivity contribution in [2.75, 3.05) is 32.8 Å². The van der Waals surface area contributed by atoms with Crippen molar-refractivity contribution in [3.05, 3.63) is 0 Å². The fraction of sp³-hybridized carbons (Fsp3) is 0.833. The number of alkyl carbamates (subject to hydrolysis) is 1. The van der Waals surface area contributed by atoms with Gasteiger partial charge in [-0.05, 0) is 26.3 Å². The van der Waals surface area contributed by atoms with E-state index in [9.17, 15) is 9.59 Å². The Labute approximate surface area is 108 Å². The number of rotatable bonds is 5. The van der Waals surface area contributed by atoms with Gasteiger partial charge in [0.2, 0.25) is 5.91 Å². The van der Waals surface area contributed by atoms with Crippen LogP contribution in [0, 0.1) is 0 Å².